The molecule has 5 N–H and O–H groups in total. The molecule has 0 spiro atoms. The van der Waals surface area contributed by atoms with Gasteiger partial charge in [0.15, 0.2) is 17.3 Å². The number of ether oxygens (including phenoxy) is 1. The van der Waals surface area contributed by atoms with Crippen LogP contribution < -0.4 is 10.1 Å². The van der Waals surface area contributed by atoms with E-state index in [0.717, 1.165) is 0 Å². The van der Waals surface area contributed by atoms with Gasteiger partial charge in [0.1, 0.15) is 6.10 Å². The smallest absolute Gasteiger partial charge is 0.194 e. The Labute approximate surface area is 105 Å². The SMILES string of the molecule is CNCC(O)C(O)(O)Cc1cccc(OC)c1O. The predicted molar refractivity (Wildman–Crippen MR) is 65.5 cm³/mol. The van der Waals surface area contributed by atoms with E-state index in [1.54, 1.807) is 19.2 Å². The zero-order valence-corrected chi connectivity index (χ0v) is 10.4. The van der Waals surface area contributed by atoms with E-state index < -0.39 is 11.9 Å². The van der Waals surface area contributed by atoms with E-state index in [0.29, 0.717) is 0 Å². The minimum absolute atomic E-state index is 0.0255. The van der Waals surface area contributed by atoms with Crippen molar-refractivity contribution in [3.63, 3.8) is 0 Å². The minimum Gasteiger partial charge on any atom is -0.504 e. The van der Waals surface area contributed by atoms with Gasteiger partial charge in [-0.15, -0.1) is 0 Å². The third-order valence-corrected chi connectivity index (χ3v) is 2.68. The Morgan fingerprint density at radius 2 is 2.06 bits per heavy atom. The van der Waals surface area contributed by atoms with Crippen LogP contribution in [0, 0.1) is 0 Å². The third kappa shape index (κ3) is 3.33. The molecule has 1 rings (SSSR count). The first-order valence-electron chi connectivity index (χ1n) is 5.54. The van der Waals surface area contributed by atoms with Crippen molar-refractivity contribution in [3.8, 4) is 11.5 Å². The molecule has 18 heavy (non-hydrogen) atoms. The van der Waals surface area contributed by atoms with Gasteiger partial charge in [0, 0.05) is 18.5 Å². The first-order chi connectivity index (χ1) is 8.42. The standard InChI is InChI=1S/C12H19NO5/c1-13-7-10(14)12(16,17)6-8-4-3-5-9(18-2)11(8)15/h3-5,10,13-17H,6-7H2,1-2H3. The van der Waals surface area contributed by atoms with Crippen LogP contribution in [0.15, 0.2) is 18.2 Å². The number of likely N-dealkylation sites (N-methyl/N-ethyl adjacent to an activating group) is 1. The van der Waals surface area contributed by atoms with Crippen molar-refractivity contribution in [2.45, 2.75) is 18.3 Å². The molecular weight excluding hydrogens is 238 g/mol. The molecule has 0 fully saturated rings. The first kappa shape index (κ1) is 14.7. The lowest BCUT2D eigenvalue weighted by molar-refractivity contribution is -0.221. The highest BCUT2D eigenvalue weighted by molar-refractivity contribution is 5.45. The second-order valence-corrected chi connectivity index (χ2v) is 4.10. The van der Waals surface area contributed by atoms with Gasteiger partial charge in [-0.2, -0.15) is 0 Å². The van der Waals surface area contributed by atoms with Crippen LogP contribution in [-0.4, -0.2) is 53.0 Å². The van der Waals surface area contributed by atoms with Gasteiger partial charge in [-0.1, -0.05) is 12.1 Å². The van der Waals surface area contributed by atoms with Gasteiger partial charge >= 0.3 is 0 Å². The average Bonchev–Trinajstić information content (AvgIpc) is 2.32. The highest BCUT2D eigenvalue weighted by Crippen LogP contribution is 2.31. The summed E-state index contributed by atoms with van der Waals surface area (Å²) in [5.74, 6) is -2.25. The summed E-state index contributed by atoms with van der Waals surface area (Å²) in [5.41, 5.74) is 0.287. The third-order valence-electron chi connectivity index (χ3n) is 2.68. The monoisotopic (exact) mass is 257 g/mol. The maximum absolute atomic E-state index is 9.82. The second kappa shape index (κ2) is 6.01. The van der Waals surface area contributed by atoms with E-state index >= 15 is 0 Å². The lowest BCUT2D eigenvalue weighted by Crippen LogP contribution is -2.48. The minimum atomic E-state index is -2.33. The molecule has 0 aliphatic rings. The van der Waals surface area contributed by atoms with E-state index in [2.05, 4.69) is 5.32 Å². The maximum Gasteiger partial charge on any atom is 0.194 e. The predicted octanol–water partition coefficient (Wildman–Crippen LogP) is -0.796. The number of aromatic hydroxyl groups is 1. The van der Waals surface area contributed by atoms with Gasteiger partial charge in [0.2, 0.25) is 0 Å². The molecule has 0 saturated carbocycles. The zero-order chi connectivity index (χ0) is 13.8. The zero-order valence-electron chi connectivity index (χ0n) is 10.4. The topological polar surface area (TPSA) is 102 Å². The molecule has 1 aromatic carbocycles. The van der Waals surface area contributed by atoms with Gasteiger partial charge in [-0.25, -0.2) is 0 Å². The quantitative estimate of drug-likeness (QED) is 0.428. The van der Waals surface area contributed by atoms with E-state index in [1.807, 2.05) is 0 Å². The number of nitrogens with one attached hydrogen (secondary N) is 1. The van der Waals surface area contributed by atoms with Crippen molar-refractivity contribution < 1.29 is 25.2 Å². The van der Waals surface area contributed by atoms with Crippen molar-refractivity contribution in [1.82, 2.24) is 5.32 Å². The molecule has 0 radical (unpaired) electrons. The number of hydrogen-bond donors (Lipinski definition) is 5. The summed E-state index contributed by atoms with van der Waals surface area (Å²) in [6.45, 7) is 0.0255. The largest absolute Gasteiger partial charge is 0.504 e. The Balaban J connectivity index is 2.90. The molecule has 0 bridgehead atoms. The number of methoxy groups -OCH3 is 1. The Morgan fingerprint density at radius 3 is 2.61 bits per heavy atom. The van der Waals surface area contributed by atoms with Gasteiger partial charge in [-0.05, 0) is 13.1 Å². The lowest BCUT2D eigenvalue weighted by Gasteiger charge is -2.27. The van der Waals surface area contributed by atoms with Gasteiger partial charge in [-0.3, -0.25) is 0 Å². The number of phenols is 1. The summed E-state index contributed by atoms with van der Waals surface area (Å²) >= 11 is 0. The molecule has 1 aromatic rings. The lowest BCUT2D eigenvalue weighted by atomic mass is 9.99. The molecular formula is C12H19NO5. The highest BCUT2D eigenvalue weighted by atomic mass is 16.5. The van der Waals surface area contributed by atoms with Gasteiger partial charge in [0.25, 0.3) is 0 Å². The Morgan fingerprint density at radius 1 is 1.39 bits per heavy atom. The highest BCUT2D eigenvalue weighted by Gasteiger charge is 2.33. The van der Waals surface area contributed by atoms with Crippen molar-refractivity contribution in [2.24, 2.45) is 0 Å². The van der Waals surface area contributed by atoms with Crippen molar-refractivity contribution in [3.05, 3.63) is 23.8 Å². The van der Waals surface area contributed by atoms with Crippen LogP contribution >= 0.6 is 0 Å². The molecule has 1 unspecified atom stereocenters. The number of benzene rings is 1. The fourth-order valence-electron chi connectivity index (χ4n) is 1.63. The van der Waals surface area contributed by atoms with Crippen LogP contribution in [0.3, 0.4) is 0 Å². The summed E-state index contributed by atoms with van der Waals surface area (Å²) < 4.78 is 4.92. The Hall–Kier alpha value is -1.34. The van der Waals surface area contributed by atoms with E-state index in [1.165, 1.54) is 13.2 Å². The fourth-order valence-corrected chi connectivity index (χ4v) is 1.63. The molecule has 0 amide bonds. The van der Waals surface area contributed by atoms with Gasteiger partial charge in [0.05, 0.1) is 7.11 Å². The number of rotatable bonds is 6. The fraction of sp³-hybridized carbons (Fsp3) is 0.500. The Bertz CT molecular complexity index is 394. The maximum atomic E-state index is 9.82. The molecule has 0 saturated heterocycles. The number of aliphatic hydroxyl groups is 3. The Kier molecular flexibility index (Phi) is 4.92. The molecule has 102 valence electrons. The van der Waals surface area contributed by atoms with Crippen LogP contribution in [0.4, 0.5) is 0 Å². The van der Waals surface area contributed by atoms with E-state index in [-0.39, 0.29) is 30.0 Å². The van der Waals surface area contributed by atoms with Crippen molar-refractivity contribution in [2.75, 3.05) is 20.7 Å². The molecule has 6 heteroatoms. The molecule has 6 nitrogen and oxygen atoms in total. The summed E-state index contributed by atoms with van der Waals surface area (Å²) in [4.78, 5) is 0. The molecule has 0 heterocycles. The van der Waals surface area contributed by atoms with Crippen LogP contribution in [0.2, 0.25) is 0 Å². The number of hydrogen-bond acceptors (Lipinski definition) is 6. The van der Waals surface area contributed by atoms with Crippen LogP contribution in [0.25, 0.3) is 0 Å². The van der Waals surface area contributed by atoms with Gasteiger partial charge < -0.3 is 30.5 Å². The number of para-hydroxylation sites is 1. The molecule has 1 atom stereocenters. The van der Waals surface area contributed by atoms with Crippen molar-refractivity contribution >= 4 is 0 Å². The summed E-state index contributed by atoms with van der Waals surface area (Å²) in [7, 11) is 2.99. The van der Waals surface area contributed by atoms with E-state index in [4.69, 9.17) is 4.74 Å². The van der Waals surface area contributed by atoms with E-state index in [9.17, 15) is 20.4 Å². The van der Waals surface area contributed by atoms with Crippen molar-refractivity contribution in [1.29, 1.82) is 0 Å². The number of phenolic OH excluding ortho intramolecular Hbond substituents is 1. The first-order valence-corrected chi connectivity index (χ1v) is 5.54. The normalized spacial score (nSPS) is 13.4. The van der Waals surface area contributed by atoms with Crippen LogP contribution in [0.5, 0.6) is 11.5 Å². The van der Waals surface area contributed by atoms with Crippen LogP contribution in [0.1, 0.15) is 5.56 Å². The summed E-state index contributed by atoms with van der Waals surface area (Å²) in [6, 6.07) is 4.71. The second-order valence-electron chi connectivity index (χ2n) is 4.10. The average molecular weight is 257 g/mol. The molecule has 0 aromatic heterocycles. The molecule has 0 aliphatic heterocycles. The number of aliphatic hydroxyl groups excluding tert-OH is 1. The molecule has 0 aliphatic carbocycles. The van der Waals surface area contributed by atoms with Crippen LogP contribution in [-0.2, 0) is 6.42 Å². The summed E-state index contributed by atoms with van der Waals surface area (Å²) in [6.07, 6.45) is -1.67. The summed E-state index contributed by atoms with van der Waals surface area (Å²) in [5, 5.41) is 41.6.